The van der Waals surface area contributed by atoms with Crippen molar-refractivity contribution in [3.05, 3.63) is 104 Å². The molecule has 0 unspecified atom stereocenters. The Hall–Kier alpha value is -3.84. The standard InChI is InChI=1S/C25H22ClN3O4/c1-16-10-11-22(33-2)20(12-16)27-23(30)15-28-21-9-4-3-8-19(21)24(31)29(25(28)32)14-17-6-5-7-18(26)13-17/h3-13H,14-15H2,1-2H3,(H,27,30). The maximum absolute atomic E-state index is 13.3. The second-order valence-corrected chi connectivity index (χ2v) is 8.10. The molecule has 33 heavy (non-hydrogen) atoms. The van der Waals surface area contributed by atoms with Gasteiger partial charge in [-0.2, -0.15) is 0 Å². The first kappa shape index (κ1) is 22.4. The summed E-state index contributed by atoms with van der Waals surface area (Å²) >= 11 is 6.06. The van der Waals surface area contributed by atoms with Crippen LogP contribution in [0.2, 0.25) is 5.02 Å². The molecule has 0 aliphatic carbocycles. The van der Waals surface area contributed by atoms with Crippen molar-refractivity contribution in [2.45, 2.75) is 20.0 Å². The van der Waals surface area contributed by atoms with Crippen LogP contribution < -0.4 is 21.3 Å². The van der Waals surface area contributed by atoms with Crippen LogP contribution in [0, 0.1) is 6.92 Å². The number of carbonyl (C=O) groups is 1. The fourth-order valence-electron chi connectivity index (χ4n) is 3.73. The van der Waals surface area contributed by atoms with E-state index in [0.29, 0.717) is 32.9 Å². The third-order valence-corrected chi connectivity index (χ3v) is 5.53. The summed E-state index contributed by atoms with van der Waals surface area (Å²) in [5.74, 6) is 0.0937. The van der Waals surface area contributed by atoms with Crippen LogP contribution in [0.3, 0.4) is 0 Å². The number of benzene rings is 3. The van der Waals surface area contributed by atoms with Crippen LogP contribution in [0.1, 0.15) is 11.1 Å². The summed E-state index contributed by atoms with van der Waals surface area (Å²) in [7, 11) is 1.52. The van der Waals surface area contributed by atoms with Gasteiger partial charge in [-0.3, -0.25) is 18.7 Å². The summed E-state index contributed by atoms with van der Waals surface area (Å²) in [5, 5.41) is 3.66. The van der Waals surface area contributed by atoms with E-state index in [1.807, 2.05) is 13.0 Å². The topological polar surface area (TPSA) is 82.3 Å². The number of rotatable bonds is 6. The Balaban J connectivity index is 1.76. The van der Waals surface area contributed by atoms with Gasteiger partial charge in [-0.1, -0.05) is 41.9 Å². The highest BCUT2D eigenvalue weighted by atomic mass is 35.5. The van der Waals surface area contributed by atoms with Gasteiger partial charge in [0.15, 0.2) is 0 Å². The van der Waals surface area contributed by atoms with Gasteiger partial charge in [-0.15, -0.1) is 0 Å². The van der Waals surface area contributed by atoms with E-state index >= 15 is 0 Å². The van der Waals surface area contributed by atoms with Gasteiger partial charge in [0.05, 0.1) is 30.2 Å². The third-order valence-electron chi connectivity index (χ3n) is 5.29. The molecule has 0 radical (unpaired) electrons. The number of nitrogens with one attached hydrogen (secondary N) is 1. The van der Waals surface area contributed by atoms with E-state index in [9.17, 15) is 14.4 Å². The normalized spacial score (nSPS) is 10.9. The largest absolute Gasteiger partial charge is 0.495 e. The first-order valence-electron chi connectivity index (χ1n) is 10.3. The molecule has 0 saturated heterocycles. The van der Waals surface area contributed by atoms with Crippen molar-refractivity contribution in [1.29, 1.82) is 0 Å². The van der Waals surface area contributed by atoms with Gasteiger partial charge < -0.3 is 10.1 Å². The van der Waals surface area contributed by atoms with E-state index in [0.717, 1.165) is 10.1 Å². The first-order chi connectivity index (χ1) is 15.9. The molecule has 0 spiro atoms. The molecule has 0 atom stereocenters. The summed E-state index contributed by atoms with van der Waals surface area (Å²) in [4.78, 5) is 39.4. The highest BCUT2D eigenvalue weighted by Crippen LogP contribution is 2.25. The summed E-state index contributed by atoms with van der Waals surface area (Å²) in [6, 6.07) is 19.1. The van der Waals surface area contributed by atoms with Crippen molar-refractivity contribution in [1.82, 2.24) is 9.13 Å². The Morgan fingerprint density at radius 3 is 2.55 bits per heavy atom. The van der Waals surface area contributed by atoms with Gasteiger partial charge in [0, 0.05) is 5.02 Å². The monoisotopic (exact) mass is 463 g/mol. The zero-order valence-electron chi connectivity index (χ0n) is 18.2. The van der Waals surface area contributed by atoms with Crippen LogP contribution in [0.5, 0.6) is 5.75 Å². The minimum Gasteiger partial charge on any atom is -0.495 e. The second kappa shape index (κ2) is 9.34. The molecule has 168 valence electrons. The highest BCUT2D eigenvalue weighted by Gasteiger charge is 2.16. The van der Waals surface area contributed by atoms with Gasteiger partial charge in [-0.25, -0.2) is 4.79 Å². The van der Waals surface area contributed by atoms with Crippen LogP contribution in [0.25, 0.3) is 10.9 Å². The Morgan fingerprint density at radius 2 is 1.79 bits per heavy atom. The van der Waals surface area contributed by atoms with Gasteiger partial charge in [0.2, 0.25) is 5.91 Å². The molecule has 0 aliphatic heterocycles. The van der Waals surface area contributed by atoms with E-state index in [-0.39, 0.29) is 13.1 Å². The molecule has 0 bridgehead atoms. The Kier molecular flexibility index (Phi) is 6.33. The minimum atomic E-state index is -0.579. The number of aromatic nitrogens is 2. The molecule has 3 aromatic carbocycles. The molecule has 1 N–H and O–H groups in total. The smallest absolute Gasteiger partial charge is 0.332 e. The van der Waals surface area contributed by atoms with Crippen molar-refractivity contribution in [3.63, 3.8) is 0 Å². The third kappa shape index (κ3) is 4.68. The quantitative estimate of drug-likeness (QED) is 0.471. The zero-order valence-corrected chi connectivity index (χ0v) is 18.9. The van der Waals surface area contributed by atoms with Crippen molar-refractivity contribution < 1.29 is 9.53 Å². The Bertz CT molecular complexity index is 1470. The number of aryl methyl sites for hydroxylation is 1. The van der Waals surface area contributed by atoms with Crippen molar-refractivity contribution in [3.8, 4) is 5.75 Å². The fourth-order valence-corrected chi connectivity index (χ4v) is 3.95. The molecule has 1 amide bonds. The van der Waals surface area contributed by atoms with Gasteiger partial charge >= 0.3 is 5.69 Å². The molecular weight excluding hydrogens is 442 g/mol. The molecule has 0 saturated carbocycles. The Labute approximate surface area is 194 Å². The summed E-state index contributed by atoms with van der Waals surface area (Å²) < 4.78 is 7.74. The number of carbonyl (C=O) groups excluding carboxylic acids is 1. The molecular formula is C25H22ClN3O4. The highest BCUT2D eigenvalue weighted by molar-refractivity contribution is 6.30. The van der Waals surface area contributed by atoms with Crippen LogP contribution in [-0.2, 0) is 17.9 Å². The van der Waals surface area contributed by atoms with E-state index in [4.69, 9.17) is 16.3 Å². The second-order valence-electron chi connectivity index (χ2n) is 7.66. The SMILES string of the molecule is COc1ccc(C)cc1NC(=O)Cn1c(=O)n(Cc2cccc(Cl)c2)c(=O)c2ccccc21. The summed E-state index contributed by atoms with van der Waals surface area (Å²) in [6.07, 6.45) is 0. The van der Waals surface area contributed by atoms with Crippen LogP contribution in [0.4, 0.5) is 5.69 Å². The lowest BCUT2D eigenvalue weighted by Gasteiger charge is -2.15. The van der Waals surface area contributed by atoms with E-state index in [2.05, 4.69) is 5.32 Å². The summed E-state index contributed by atoms with van der Waals surface area (Å²) in [6.45, 7) is 1.67. The summed E-state index contributed by atoms with van der Waals surface area (Å²) in [5.41, 5.74) is 1.55. The lowest BCUT2D eigenvalue weighted by Crippen LogP contribution is -2.42. The number of nitrogens with zero attached hydrogens (tertiary/aromatic N) is 2. The van der Waals surface area contributed by atoms with Gasteiger partial charge in [0.1, 0.15) is 12.3 Å². The lowest BCUT2D eigenvalue weighted by atomic mass is 10.2. The van der Waals surface area contributed by atoms with Crippen LogP contribution in [-0.4, -0.2) is 22.2 Å². The van der Waals surface area contributed by atoms with Gasteiger partial charge in [-0.05, 0) is 54.4 Å². The van der Waals surface area contributed by atoms with Crippen molar-refractivity contribution in [2.75, 3.05) is 12.4 Å². The number of amides is 1. The number of anilines is 1. The first-order valence-corrected chi connectivity index (χ1v) is 10.7. The number of hydrogen-bond donors (Lipinski definition) is 1. The zero-order chi connectivity index (χ0) is 23.5. The molecule has 7 nitrogen and oxygen atoms in total. The maximum Gasteiger partial charge on any atom is 0.332 e. The van der Waals surface area contributed by atoms with Gasteiger partial charge in [0.25, 0.3) is 5.56 Å². The average Bonchev–Trinajstić information content (AvgIpc) is 2.80. The van der Waals surface area contributed by atoms with Crippen LogP contribution in [0.15, 0.2) is 76.3 Å². The lowest BCUT2D eigenvalue weighted by molar-refractivity contribution is -0.116. The van der Waals surface area contributed by atoms with E-state index in [1.54, 1.807) is 60.7 Å². The number of hydrogen-bond acceptors (Lipinski definition) is 4. The van der Waals surface area contributed by atoms with E-state index < -0.39 is 17.2 Å². The number of halogens is 1. The molecule has 4 aromatic rings. The number of ether oxygens (including phenoxy) is 1. The molecule has 1 aromatic heterocycles. The number of methoxy groups -OCH3 is 1. The minimum absolute atomic E-state index is 0.0381. The Morgan fingerprint density at radius 1 is 1.00 bits per heavy atom. The fraction of sp³-hybridized carbons (Fsp3) is 0.160. The van der Waals surface area contributed by atoms with Crippen LogP contribution >= 0.6 is 11.6 Å². The average molecular weight is 464 g/mol. The van der Waals surface area contributed by atoms with Crippen molar-refractivity contribution >= 4 is 34.1 Å². The molecule has 1 heterocycles. The number of para-hydroxylation sites is 1. The molecule has 4 rings (SSSR count). The van der Waals surface area contributed by atoms with E-state index in [1.165, 1.54) is 11.7 Å². The maximum atomic E-state index is 13.3. The molecule has 0 fully saturated rings. The predicted octanol–water partition coefficient (Wildman–Crippen LogP) is 3.82. The molecule has 8 heteroatoms. The van der Waals surface area contributed by atoms with Crippen molar-refractivity contribution in [2.24, 2.45) is 0 Å². The number of fused-ring (bicyclic) bond motifs is 1. The molecule has 0 aliphatic rings. The predicted molar refractivity (Wildman–Crippen MR) is 129 cm³/mol.